The van der Waals surface area contributed by atoms with Crippen LogP contribution in [0.5, 0.6) is 0 Å². The minimum Gasteiger partial charge on any atom is -0.352 e. The number of hydrogen-bond acceptors (Lipinski definition) is 2. The van der Waals surface area contributed by atoms with Gasteiger partial charge in [-0.15, -0.1) is 0 Å². The number of nitrogens with zero attached hydrogens (tertiary/aromatic N) is 3. The van der Waals surface area contributed by atoms with Crippen molar-refractivity contribution in [2.45, 2.75) is 38.6 Å². The van der Waals surface area contributed by atoms with Crippen LogP contribution < -0.4 is 5.32 Å². The van der Waals surface area contributed by atoms with Crippen molar-refractivity contribution in [1.29, 1.82) is 0 Å². The van der Waals surface area contributed by atoms with Gasteiger partial charge in [-0.05, 0) is 61.3 Å². The molecule has 1 N–H and O–H groups in total. The van der Waals surface area contributed by atoms with Gasteiger partial charge in [-0.3, -0.25) is 9.79 Å². The maximum absolute atomic E-state index is 12.6. The maximum Gasteiger partial charge on any atom is 0.253 e. The Balaban J connectivity index is 1.27. The number of nitrogens with one attached hydrogen (secondary N) is 1. The Kier molecular flexibility index (Phi) is 7.23. The largest absolute Gasteiger partial charge is 0.352 e. The Hall–Kier alpha value is -2.82. The summed E-state index contributed by atoms with van der Waals surface area (Å²) < 4.78 is 0. The highest BCUT2D eigenvalue weighted by atomic mass is 16.2. The van der Waals surface area contributed by atoms with Crippen molar-refractivity contribution in [1.82, 2.24) is 15.1 Å². The number of guanidine groups is 1. The third-order valence-electron chi connectivity index (χ3n) is 6.46. The van der Waals surface area contributed by atoms with Crippen LogP contribution in [0, 0.1) is 5.92 Å². The van der Waals surface area contributed by atoms with Gasteiger partial charge in [0.25, 0.3) is 5.91 Å². The third kappa shape index (κ3) is 5.66. The number of hydrogen-bond donors (Lipinski definition) is 1. The van der Waals surface area contributed by atoms with Crippen molar-refractivity contribution in [3.63, 3.8) is 0 Å². The molecule has 2 aromatic rings. The Bertz CT molecular complexity index is 872. The summed E-state index contributed by atoms with van der Waals surface area (Å²) in [5, 5.41) is 3.50. The van der Waals surface area contributed by atoms with Crippen LogP contribution in [-0.2, 0) is 13.0 Å². The predicted molar refractivity (Wildman–Crippen MR) is 126 cm³/mol. The van der Waals surface area contributed by atoms with Gasteiger partial charge in [0, 0.05) is 45.3 Å². The number of benzene rings is 2. The molecule has 0 aromatic heterocycles. The smallest absolute Gasteiger partial charge is 0.253 e. The first-order valence-corrected chi connectivity index (χ1v) is 11.6. The van der Waals surface area contributed by atoms with Crippen LogP contribution in [0.1, 0.15) is 47.2 Å². The van der Waals surface area contributed by atoms with Crippen molar-refractivity contribution < 1.29 is 4.79 Å². The first-order valence-electron chi connectivity index (χ1n) is 11.6. The highest BCUT2D eigenvalue weighted by Crippen LogP contribution is 2.21. The topological polar surface area (TPSA) is 47.9 Å². The van der Waals surface area contributed by atoms with Gasteiger partial charge in [0.2, 0.25) is 0 Å². The number of likely N-dealkylation sites (tertiary alicyclic amines) is 2. The van der Waals surface area contributed by atoms with E-state index in [1.54, 1.807) is 0 Å². The Morgan fingerprint density at radius 1 is 0.935 bits per heavy atom. The minimum absolute atomic E-state index is 0.163. The SMILES string of the molecule is CN=C(NCc1ccc(C(=O)N2CCCCC2)cc1)N1CCC(Cc2ccccc2)C1. The highest BCUT2D eigenvalue weighted by molar-refractivity contribution is 5.94. The van der Waals surface area contributed by atoms with Gasteiger partial charge in [0.05, 0.1) is 0 Å². The first-order chi connectivity index (χ1) is 15.2. The first kappa shape index (κ1) is 21.4. The molecular weight excluding hydrogens is 384 g/mol. The molecule has 2 aliphatic rings. The van der Waals surface area contributed by atoms with Crippen molar-refractivity contribution >= 4 is 11.9 Å². The maximum atomic E-state index is 12.6. The fourth-order valence-electron chi connectivity index (χ4n) is 4.70. The number of aliphatic imine (C=N–C) groups is 1. The highest BCUT2D eigenvalue weighted by Gasteiger charge is 2.25. The summed E-state index contributed by atoms with van der Waals surface area (Å²) in [6.45, 7) is 4.57. The Morgan fingerprint density at radius 3 is 2.39 bits per heavy atom. The number of piperidine rings is 1. The summed E-state index contributed by atoms with van der Waals surface area (Å²) in [6.07, 6.45) is 5.80. The molecule has 0 radical (unpaired) electrons. The van der Waals surface area contributed by atoms with Gasteiger partial charge in [-0.1, -0.05) is 42.5 Å². The van der Waals surface area contributed by atoms with Crippen LogP contribution in [0.2, 0.25) is 0 Å². The standard InChI is InChI=1S/C26H34N4O/c1-27-26(30-17-14-23(20-30)18-21-8-4-2-5-9-21)28-19-22-10-12-24(13-11-22)25(31)29-15-6-3-7-16-29/h2,4-5,8-13,23H,3,6-7,14-20H2,1H3,(H,27,28). The molecule has 0 spiro atoms. The van der Waals surface area contributed by atoms with Crippen LogP contribution in [0.4, 0.5) is 0 Å². The lowest BCUT2D eigenvalue weighted by molar-refractivity contribution is 0.0724. The lowest BCUT2D eigenvalue weighted by Gasteiger charge is -2.26. The molecule has 1 unspecified atom stereocenters. The molecule has 2 heterocycles. The van der Waals surface area contributed by atoms with Crippen LogP contribution >= 0.6 is 0 Å². The van der Waals surface area contributed by atoms with E-state index >= 15 is 0 Å². The molecule has 31 heavy (non-hydrogen) atoms. The minimum atomic E-state index is 0.163. The van der Waals surface area contributed by atoms with Gasteiger partial charge in [0.15, 0.2) is 5.96 Å². The van der Waals surface area contributed by atoms with Crippen molar-refractivity contribution in [2.24, 2.45) is 10.9 Å². The number of carbonyl (C=O) groups is 1. The fourth-order valence-corrected chi connectivity index (χ4v) is 4.70. The zero-order valence-corrected chi connectivity index (χ0v) is 18.6. The third-order valence-corrected chi connectivity index (χ3v) is 6.46. The molecule has 0 bridgehead atoms. The molecule has 1 amide bonds. The van der Waals surface area contributed by atoms with Crippen LogP contribution in [0.3, 0.4) is 0 Å². The molecule has 0 aliphatic carbocycles. The summed E-state index contributed by atoms with van der Waals surface area (Å²) in [5.41, 5.74) is 3.37. The van der Waals surface area contributed by atoms with E-state index in [4.69, 9.17) is 0 Å². The number of carbonyl (C=O) groups excluding carboxylic acids is 1. The predicted octanol–water partition coefficient (Wildman–Crippen LogP) is 3.95. The van der Waals surface area contributed by atoms with E-state index in [1.165, 1.54) is 18.4 Å². The van der Waals surface area contributed by atoms with E-state index in [0.717, 1.165) is 62.5 Å². The van der Waals surface area contributed by atoms with Gasteiger partial charge >= 0.3 is 0 Å². The number of rotatable bonds is 5. The van der Waals surface area contributed by atoms with Crippen molar-refractivity contribution in [3.8, 4) is 0 Å². The molecule has 5 nitrogen and oxygen atoms in total. The lowest BCUT2D eigenvalue weighted by atomic mass is 9.99. The summed E-state index contributed by atoms with van der Waals surface area (Å²) in [5.74, 6) is 1.79. The molecule has 164 valence electrons. The van der Waals surface area contributed by atoms with Crippen molar-refractivity contribution in [3.05, 3.63) is 71.3 Å². The van der Waals surface area contributed by atoms with Gasteiger partial charge in [0.1, 0.15) is 0 Å². The normalized spacial score (nSPS) is 19.5. The summed E-state index contributed by atoms with van der Waals surface area (Å²) in [7, 11) is 1.85. The van der Waals surface area contributed by atoms with E-state index in [-0.39, 0.29) is 5.91 Å². The van der Waals surface area contributed by atoms with Gasteiger partial charge in [-0.25, -0.2) is 0 Å². The summed E-state index contributed by atoms with van der Waals surface area (Å²) in [6, 6.07) is 18.8. The molecule has 2 aliphatic heterocycles. The fraction of sp³-hybridized carbons (Fsp3) is 0.462. The molecule has 4 rings (SSSR count). The second-order valence-corrected chi connectivity index (χ2v) is 8.74. The van der Waals surface area contributed by atoms with E-state index in [1.807, 2.05) is 24.1 Å². The van der Waals surface area contributed by atoms with Gasteiger partial charge < -0.3 is 15.1 Å². The quantitative estimate of drug-likeness (QED) is 0.591. The average molecular weight is 419 g/mol. The zero-order valence-electron chi connectivity index (χ0n) is 18.6. The molecule has 2 saturated heterocycles. The Labute approximate surface area is 186 Å². The molecular formula is C26H34N4O. The molecule has 2 fully saturated rings. The molecule has 1 atom stereocenters. The molecule has 5 heteroatoms. The molecule has 0 saturated carbocycles. The average Bonchev–Trinajstić information content (AvgIpc) is 3.29. The zero-order chi connectivity index (χ0) is 21.5. The monoisotopic (exact) mass is 418 g/mol. The van der Waals surface area contributed by atoms with Crippen LogP contribution in [-0.4, -0.2) is 54.9 Å². The van der Waals surface area contributed by atoms with Gasteiger partial charge in [-0.2, -0.15) is 0 Å². The molecule has 2 aromatic carbocycles. The van der Waals surface area contributed by atoms with E-state index < -0.39 is 0 Å². The number of amides is 1. The van der Waals surface area contributed by atoms with Crippen LogP contribution in [0.25, 0.3) is 0 Å². The van der Waals surface area contributed by atoms with E-state index in [0.29, 0.717) is 12.5 Å². The van der Waals surface area contributed by atoms with E-state index in [9.17, 15) is 4.79 Å². The lowest BCUT2D eigenvalue weighted by Crippen LogP contribution is -2.39. The van der Waals surface area contributed by atoms with Crippen LogP contribution in [0.15, 0.2) is 59.6 Å². The van der Waals surface area contributed by atoms with Crippen molar-refractivity contribution in [2.75, 3.05) is 33.2 Å². The second-order valence-electron chi connectivity index (χ2n) is 8.74. The second kappa shape index (κ2) is 10.5. The Morgan fingerprint density at radius 2 is 1.68 bits per heavy atom. The van der Waals surface area contributed by atoms with E-state index in [2.05, 4.69) is 57.7 Å². The summed E-state index contributed by atoms with van der Waals surface area (Å²) >= 11 is 0. The summed E-state index contributed by atoms with van der Waals surface area (Å²) in [4.78, 5) is 21.5.